The Kier molecular flexibility index (Phi) is 3.34. The second kappa shape index (κ2) is 4.76. The second-order valence-electron chi connectivity index (χ2n) is 4.22. The van der Waals surface area contributed by atoms with Crippen LogP contribution < -0.4 is 5.56 Å². The van der Waals surface area contributed by atoms with Crippen molar-refractivity contribution in [1.82, 2.24) is 4.57 Å². The summed E-state index contributed by atoms with van der Waals surface area (Å²) in [7, 11) is 0. The molecule has 0 aliphatic rings. The van der Waals surface area contributed by atoms with Gasteiger partial charge in [0.1, 0.15) is 0 Å². The third-order valence-electron chi connectivity index (χ3n) is 2.76. The molecule has 0 aliphatic carbocycles. The lowest BCUT2D eigenvalue weighted by Gasteiger charge is -2.08. The van der Waals surface area contributed by atoms with Gasteiger partial charge in [-0.2, -0.15) is 0 Å². The van der Waals surface area contributed by atoms with E-state index in [1.165, 1.54) is 0 Å². The van der Waals surface area contributed by atoms with Crippen LogP contribution in [0, 0.1) is 13.8 Å². The summed E-state index contributed by atoms with van der Waals surface area (Å²) in [5.74, 6) is 0. The van der Waals surface area contributed by atoms with E-state index in [1.807, 2.05) is 44.2 Å². The van der Waals surface area contributed by atoms with Crippen molar-refractivity contribution in [3.05, 3.63) is 68.6 Å². The van der Waals surface area contributed by atoms with Crippen molar-refractivity contribution in [3.8, 4) is 0 Å². The van der Waals surface area contributed by atoms with Crippen molar-refractivity contribution < 1.29 is 0 Å². The fraction of sp³-hybridized carbons (Fsp3) is 0.214. The van der Waals surface area contributed by atoms with E-state index in [0.717, 1.165) is 16.7 Å². The molecule has 1 heterocycles. The van der Waals surface area contributed by atoms with Crippen LogP contribution in [0.1, 0.15) is 16.7 Å². The maximum Gasteiger partial charge on any atom is 0.253 e. The Hall–Kier alpha value is -1.54. The van der Waals surface area contributed by atoms with Crippen molar-refractivity contribution in [2.75, 3.05) is 0 Å². The van der Waals surface area contributed by atoms with Crippen molar-refractivity contribution >= 4 is 11.6 Å². The standard InChI is InChI=1S/C14H14ClNO/c1-10-5-6-12(13(15)8-10)9-16-7-3-4-11(2)14(16)17/h3-8H,9H2,1-2H3. The summed E-state index contributed by atoms with van der Waals surface area (Å²) >= 11 is 6.16. The molecule has 2 aromatic rings. The summed E-state index contributed by atoms with van der Waals surface area (Å²) in [4.78, 5) is 11.9. The Morgan fingerprint density at radius 1 is 1.24 bits per heavy atom. The van der Waals surface area contributed by atoms with Gasteiger partial charge < -0.3 is 4.57 Å². The minimum Gasteiger partial charge on any atom is -0.311 e. The van der Waals surface area contributed by atoms with E-state index in [2.05, 4.69) is 0 Å². The first-order valence-corrected chi connectivity index (χ1v) is 5.87. The van der Waals surface area contributed by atoms with E-state index < -0.39 is 0 Å². The van der Waals surface area contributed by atoms with Gasteiger partial charge in [-0.15, -0.1) is 0 Å². The summed E-state index contributed by atoms with van der Waals surface area (Å²) in [5.41, 5.74) is 2.86. The van der Waals surface area contributed by atoms with Gasteiger partial charge in [-0.1, -0.05) is 29.8 Å². The first kappa shape index (κ1) is 11.9. The molecule has 17 heavy (non-hydrogen) atoms. The lowest BCUT2D eigenvalue weighted by molar-refractivity contribution is 0.752. The Balaban J connectivity index is 2.38. The SMILES string of the molecule is Cc1ccc(Cn2cccc(C)c2=O)c(Cl)c1. The molecule has 0 atom stereocenters. The normalized spacial score (nSPS) is 10.5. The number of benzene rings is 1. The highest BCUT2D eigenvalue weighted by atomic mass is 35.5. The molecule has 0 amide bonds. The van der Waals surface area contributed by atoms with Crippen LogP contribution in [0.4, 0.5) is 0 Å². The molecule has 0 spiro atoms. The van der Waals surface area contributed by atoms with Gasteiger partial charge in [0.05, 0.1) is 6.54 Å². The molecule has 0 saturated carbocycles. The average molecular weight is 248 g/mol. The van der Waals surface area contributed by atoms with Crippen LogP contribution in [0.2, 0.25) is 5.02 Å². The number of aromatic nitrogens is 1. The summed E-state index contributed by atoms with van der Waals surface area (Å²) in [6.07, 6.45) is 1.78. The minimum absolute atomic E-state index is 0.0316. The van der Waals surface area contributed by atoms with E-state index in [4.69, 9.17) is 11.6 Å². The van der Waals surface area contributed by atoms with Gasteiger partial charge in [0.25, 0.3) is 5.56 Å². The first-order valence-electron chi connectivity index (χ1n) is 5.49. The molecule has 1 aromatic heterocycles. The second-order valence-corrected chi connectivity index (χ2v) is 4.63. The average Bonchev–Trinajstić information content (AvgIpc) is 2.28. The molecule has 0 bridgehead atoms. The van der Waals surface area contributed by atoms with Gasteiger partial charge in [0, 0.05) is 16.8 Å². The van der Waals surface area contributed by atoms with Gasteiger partial charge >= 0.3 is 0 Å². The van der Waals surface area contributed by atoms with Crippen LogP contribution in [-0.4, -0.2) is 4.57 Å². The van der Waals surface area contributed by atoms with E-state index in [1.54, 1.807) is 10.8 Å². The monoisotopic (exact) mass is 247 g/mol. The van der Waals surface area contributed by atoms with Crippen LogP contribution in [-0.2, 0) is 6.54 Å². The molecule has 0 aliphatic heterocycles. The smallest absolute Gasteiger partial charge is 0.253 e. The quantitative estimate of drug-likeness (QED) is 0.799. The predicted molar refractivity (Wildman–Crippen MR) is 70.7 cm³/mol. The molecule has 3 heteroatoms. The Bertz CT molecular complexity index is 601. The highest BCUT2D eigenvalue weighted by molar-refractivity contribution is 6.31. The lowest BCUT2D eigenvalue weighted by Crippen LogP contribution is -2.21. The maximum atomic E-state index is 11.9. The zero-order chi connectivity index (χ0) is 12.4. The minimum atomic E-state index is 0.0316. The van der Waals surface area contributed by atoms with Crippen molar-refractivity contribution in [2.45, 2.75) is 20.4 Å². The summed E-state index contributed by atoms with van der Waals surface area (Å²) in [6.45, 7) is 4.32. The topological polar surface area (TPSA) is 22.0 Å². The lowest BCUT2D eigenvalue weighted by atomic mass is 10.1. The van der Waals surface area contributed by atoms with Crippen LogP contribution in [0.3, 0.4) is 0 Å². The number of hydrogen-bond donors (Lipinski definition) is 0. The predicted octanol–water partition coefficient (Wildman–Crippen LogP) is 3.17. The van der Waals surface area contributed by atoms with Crippen molar-refractivity contribution in [2.24, 2.45) is 0 Å². The number of hydrogen-bond acceptors (Lipinski definition) is 1. The summed E-state index contributed by atoms with van der Waals surface area (Å²) in [5, 5.41) is 0.707. The Morgan fingerprint density at radius 2 is 2.00 bits per heavy atom. The zero-order valence-electron chi connectivity index (χ0n) is 9.90. The van der Waals surface area contributed by atoms with Crippen LogP contribution in [0.5, 0.6) is 0 Å². The third-order valence-corrected chi connectivity index (χ3v) is 3.11. The molecule has 88 valence electrons. The number of nitrogens with zero attached hydrogens (tertiary/aromatic N) is 1. The van der Waals surface area contributed by atoms with Crippen LogP contribution >= 0.6 is 11.6 Å². The van der Waals surface area contributed by atoms with E-state index in [9.17, 15) is 4.79 Å². The van der Waals surface area contributed by atoms with E-state index >= 15 is 0 Å². The van der Waals surface area contributed by atoms with E-state index in [-0.39, 0.29) is 5.56 Å². The molecule has 0 N–H and O–H groups in total. The van der Waals surface area contributed by atoms with Gasteiger partial charge in [-0.3, -0.25) is 4.79 Å². The fourth-order valence-electron chi connectivity index (χ4n) is 1.75. The molecule has 0 radical (unpaired) electrons. The van der Waals surface area contributed by atoms with Gasteiger partial charge in [-0.05, 0) is 37.1 Å². The highest BCUT2D eigenvalue weighted by Gasteiger charge is 2.03. The van der Waals surface area contributed by atoms with Crippen molar-refractivity contribution in [1.29, 1.82) is 0 Å². The number of pyridine rings is 1. The van der Waals surface area contributed by atoms with Crippen LogP contribution in [0.25, 0.3) is 0 Å². The van der Waals surface area contributed by atoms with E-state index in [0.29, 0.717) is 11.6 Å². The first-order chi connectivity index (χ1) is 8.08. The fourth-order valence-corrected chi connectivity index (χ4v) is 2.04. The van der Waals surface area contributed by atoms with Gasteiger partial charge in [0.15, 0.2) is 0 Å². The van der Waals surface area contributed by atoms with Gasteiger partial charge in [0.2, 0.25) is 0 Å². The molecule has 0 saturated heterocycles. The molecule has 2 nitrogen and oxygen atoms in total. The third kappa shape index (κ3) is 2.59. The van der Waals surface area contributed by atoms with Gasteiger partial charge in [-0.25, -0.2) is 0 Å². The Labute approximate surface area is 105 Å². The number of aryl methyl sites for hydroxylation is 2. The molecule has 0 fully saturated rings. The molecule has 1 aromatic carbocycles. The molecule has 0 unspecified atom stereocenters. The Morgan fingerprint density at radius 3 is 2.71 bits per heavy atom. The maximum absolute atomic E-state index is 11.9. The number of halogens is 1. The molecular formula is C14H14ClNO. The number of rotatable bonds is 2. The summed E-state index contributed by atoms with van der Waals surface area (Å²) < 4.78 is 1.67. The largest absolute Gasteiger partial charge is 0.311 e. The molecular weight excluding hydrogens is 234 g/mol. The highest BCUT2D eigenvalue weighted by Crippen LogP contribution is 2.18. The molecule has 2 rings (SSSR count). The zero-order valence-corrected chi connectivity index (χ0v) is 10.7. The summed E-state index contributed by atoms with van der Waals surface area (Å²) in [6, 6.07) is 9.57. The van der Waals surface area contributed by atoms with Crippen LogP contribution in [0.15, 0.2) is 41.3 Å². The van der Waals surface area contributed by atoms with Crippen molar-refractivity contribution in [3.63, 3.8) is 0 Å².